The molecule has 18 heavy (non-hydrogen) atoms. The van der Waals surface area contributed by atoms with Crippen LogP contribution in [0.15, 0.2) is 24.3 Å². The average Bonchev–Trinajstić information content (AvgIpc) is 2.55. The van der Waals surface area contributed by atoms with Crippen molar-refractivity contribution in [1.82, 2.24) is 4.57 Å². The minimum absolute atomic E-state index is 0. The zero-order chi connectivity index (χ0) is 12.4. The van der Waals surface area contributed by atoms with E-state index in [9.17, 15) is 9.90 Å². The first-order valence-corrected chi connectivity index (χ1v) is 5.54. The minimum Gasteiger partial charge on any atom is -0.548 e. The minimum atomic E-state index is -1.08. The first-order valence-electron chi connectivity index (χ1n) is 5.54. The van der Waals surface area contributed by atoms with Crippen LogP contribution in [0.25, 0.3) is 10.9 Å². The number of carbonyl (C=O) groups is 1. The summed E-state index contributed by atoms with van der Waals surface area (Å²) in [4.78, 5) is 10.7. The van der Waals surface area contributed by atoms with Crippen LogP contribution in [0.5, 0.6) is 5.75 Å². The first-order chi connectivity index (χ1) is 8.11. The third-order valence-corrected chi connectivity index (χ3v) is 2.68. The Balaban J connectivity index is 0.00000162. The van der Waals surface area contributed by atoms with E-state index in [-0.39, 0.29) is 36.1 Å². The van der Waals surface area contributed by atoms with E-state index >= 15 is 0 Å². The Bertz CT molecular complexity index is 563. The van der Waals surface area contributed by atoms with Crippen molar-refractivity contribution in [1.29, 1.82) is 0 Å². The van der Waals surface area contributed by atoms with Gasteiger partial charge in [0.05, 0.1) is 19.1 Å². The van der Waals surface area contributed by atoms with Gasteiger partial charge in [0.25, 0.3) is 0 Å². The number of carboxylic acid groups (broad SMARTS) is 1. The van der Waals surface area contributed by atoms with E-state index in [0.717, 1.165) is 22.3 Å². The molecule has 1 heterocycles. The monoisotopic (exact) mass is 255 g/mol. The average molecular weight is 255 g/mol. The maximum Gasteiger partial charge on any atom is 1.00 e. The fraction of sp³-hybridized carbons (Fsp3) is 0.308. The largest absolute Gasteiger partial charge is 1.00 e. The summed E-state index contributed by atoms with van der Waals surface area (Å²) in [5.74, 6) is -0.287. The first kappa shape index (κ1) is 15.1. The quantitative estimate of drug-likeness (QED) is 0.600. The second kappa shape index (κ2) is 6.27. The molecule has 0 aliphatic rings. The third kappa shape index (κ3) is 3.07. The van der Waals surface area contributed by atoms with Crippen LogP contribution in [0.4, 0.5) is 0 Å². The van der Waals surface area contributed by atoms with Gasteiger partial charge in [-0.2, -0.15) is 0 Å². The van der Waals surface area contributed by atoms with Crippen LogP contribution < -0.4 is 39.4 Å². The molecule has 0 N–H and O–H groups in total. The van der Waals surface area contributed by atoms with E-state index in [1.807, 2.05) is 38.1 Å². The van der Waals surface area contributed by atoms with Crippen molar-refractivity contribution in [2.24, 2.45) is 0 Å². The number of aryl methyl sites for hydroxylation is 1. The predicted molar refractivity (Wildman–Crippen MR) is 62.9 cm³/mol. The van der Waals surface area contributed by atoms with Crippen LogP contribution in [-0.4, -0.2) is 17.1 Å². The van der Waals surface area contributed by atoms with E-state index in [1.165, 1.54) is 0 Å². The molecule has 1 aromatic heterocycles. The number of hydrogen-bond donors (Lipinski definition) is 0. The summed E-state index contributed by atoms with van der Waals surface area (Å²) < 4.78 is 7.13. The Hall–Kier alpha value is -0.970. The van der Waals surface area contributed by atoms with Crippen LogP contribution in [0.3, 0.4) is 0 Å². The molecule has 0 saturated heterocycles. The molecule has 0 spiro atoms. The SMILES string of the molecule is CCOc1ccc2c(c1)cc(C)n2CC(=O)[O-].[Na+]. The number of ether oxygens (including phenoxy) is 1. The van der Waals surface area contributed by atoms with Gasteiger partial charge in [-0.1, -0.05) is 0 Å². The molecule has 2 aromatic rings. The molecule has 0 unspecified atom stereocenters. The zero-order valence-electron chi connectivity index (χ0n) is 10.9. The van der Waals surface area contributed by atoms with Gasteiger partial charge in [0.15, 0.2) is 0 Å². The van der Waals surface area contributed by atoms with E-state index in [4.69, 9.17) is 4.74 Å². The fourth-order valence-corrected chi connectivity index (χ4v) is 1.98. The summed E-state index contributed by atoms with van der Waals surface area (Å²) in [5, 5.41) is 11.7. The van der Waals surface area contributed by atoms with Gasteiger partial charge in [0.1, 0.15) is 5.75 Å². The summed E-state index contributed by atoms with van der Waals surface area (Å²) in [7, 11) is 0. The molecule has 0 atom stereocenters. The van der Waals surface area contributed by atoms with Gasteiger partial charge in [0.2, 0.25) is 0 Å². The summed E-state index contributed by atoms with van der Waals surface area (Å²) in [6, 6.07) is 7.58. The molecule has 0 aliphatic carbocycles. The summed E-state index contributed by atoms with van der Waals surface area (Å²) in [5.41, 5.74) is 1.79. The van der Waals surface area contributed by atoms with Gasteiger partial charge in [-0.25, -0.2) is 0 Å². The topological polar surface area (TPSA) is 54.3 Å². The van der Waals surface area contributed by atoms with Crippen LogP contribution in [0.2, 0.25) is 0 Å². The predicted octanol–water partition coefficient (Wildman–Crippen LogP) is -1.90. The van der Waals surface area contributed by atoms with E-state index < -0.39 is 5.97 Å². The van der Waals surface area contributed by atoms with Gasteiger partial charge in [-0.3, -0.25) is 0 Å². The smallest absolute Gasteiger partial charge is 0.548 e. The van der Waals surface area contributed by atoms with Crippen LogP contribution in [0, 0.1) is 6.92 Å². The number of hydrogen-bond acceptors (Lipinski definition) is 3. The van der Waals surface area contributed by atoms with Gasteiger partial charge in [-0.15, -0.1) is 0 Å². The van der Waals surface area contributed by atoms with Crippen molar-refractivity contribution in [3.63, 3.8) is 0 Å². The normalized spacial score (nSPS) is 10.1. The molecule has 0 saturated carbocycles. The molecule has 0 fully saturated rings. The fourth-order valence-electron chi connectivity index (χ4n) is 1.98. The molecule has 2 rings (SSSR count). The molecule has 0 bridgehead atoms. The molecular weight excluding hydrogens is 241 g/mol. The number of nitrogens with zero attached hydrogens (tertiary/aromatic N) is 1. The van der Waals surface area contributed by atoms with Crippen molar-refractivity contribution in [3.8, 4) is 5.75 Å². The van der Waals surface area contributed by atoms with E-state index in [1.54, 1.807) is 4.57 Å². The van der Waals surface area contributed by atoms with Gasteiger partial charge in [0, 0.05) is 16.6 Å². The van der Waals surface area contributed by atoms with E-state index in [0.29, 0.717) is 6.61 Å². The number of carbonyl (C=O) groups excluding carboxylic acids is 1. The van der Waals surface area contributed by atoms with Crippen molar-refractivity contribution < 1.29 is 44.2 Å². The molecule has 0 aliphatic heterocycles. The standard InChI is InChI=1S/C13H15NO3.Na/c1-3-17-11-4-5-12-10(7-11)6-9(2)14(12)8-13(15)16;/h4-7H,3,8H2,1-2H3,(H,15,16);/q;+1/p-1. The molecule has 0 amide bonds. The van der Waals surface area contributed by atoms with Crippen molar-refractivity contribution in [2.45, 2.75) is 20.4 Å². The van der Waals surface area contributed by atoms with Gasteiger partial charge in [-0.05, 0) is 38.1 Å². The maximum atomic E-state index is 10.7. The Morgan fingerprint density at radius 3 is 2.72 bits per heavy atom. The number of fused-ring (bicyclic) bond motifs is 1. The number of rotatable bonds is 4. The zero-order valence-corrected chi connectivity index (χ0v) is 12.9. The number of aromatic nitrogens is 1. The molecule has 0 radical (unpaired) electrons. The summed E-state index contributed by atoms with van der Waals surface area (Å²) in [6.45, 7) is 4.30. The molecule has 5 heteroatoms. The van der Waals surface area contributed by atoms with Crippen molar-refractivity contribution in [3.05, 3.63) is 30.0 Å². The van der Waals surface area contributed by atoms with Crippen molar-refractivity contribution in [2.75, 3.05) is 6.61 Å². The third-order valence-electron chi connectivity index (χ3n) is 2.68. The molecule has 90 valence electrons. The van der Waals surface area contributed by atoms with Crippen molar-refractivity contribution >= 4 is 16.9 Å². The van der Waals surface area contributed by atoms with Gasteiger partial charge >= 0.3 is 29.6 Å². The van der Waals surface area contributed by atoms with Crippen LogP contribution in [-0.2, 0) is 11.3 Å². The summed E-state index contributed by atoms with van der Waals surface area (Å²) in [6.07, 6.45) is 0. The van der Waals surface area contributed by atoms with Gasteiger partial charge < -0.3 is 19.2 Å². The van der Waals surface area contributed by atoms with Crippen LogP contribution >= 0.6 is 0 Å². The Labute approximate surface area is 128 Å². The Kier molecular flexibility index (Phi) is 5.26. The molecule has 4 nitrogen and oxygen atoms in total. The Morgan fingerprint density at radius 2 is 2.11 bits per heavy atom. The summed E-state index contributed by atoms with van der Waals surface area (Å²) >= 11 is 0. The number of aliphatic carboxylic acids is 1. The number of carboxylic acids is 1. The second-order valence-electron chi connectivity index (χ2n) is 3.90. The molecular formula is C13H14NNaO3. The second-order valence-corrected chi connectivity index (χ2v) is 3.90. The number of benzene rings is 1. The Morgan fingerprint density at radius 1 is 1.39 bits per heavy atom. The maximum absolute atomic E-state index is 10.7. The van der Waals surface area contributed by atoms with E-state index in [2.05, 4.69) is 0 Å². The molecule has 1 aromatic carbocycles. The van der Waals surface area contributed by atoms with Crippen LogP contribution in [0.1, 0.15) is 12.6 Å².